The Morgan fingerprint density at radius 3 is 2.38 bits per heavy atom. The molecule has 0 spiro atoms. The minimum atomic E-state index is -0.338. The maximum absolute atomic E-state index is 12.8. The van der Waals surface area contributed by atoms with E-state index in [1.54, 1.807) is 18.5 Å². The molecule has 0 aliphatic heterocycles. The van der Waals surface area contributed by atoms with Gasteiger partial charge in [0.05, 0.1) is 17.0 Å². The number of aryl methyl sites for hydroxylation is 1. The number of amidine groups is 1. The van der Waals surface area contributed by atoms with Gasteiger partial charge in [-0.15, -0.1) is 0 Å². The van der Waals surface area contributed by atoms with Crippen molar-refractivity contribution in [3.8, 4) is 0 Å². The van der Waals surface area contributed by atoms with Crippen molar-refractivity contribution in [2.24, 2.45) is 31.8 Å². The van der Waals surface area contributed by atoms with Gasteiger partial charge in [-0.05, 0) is 65.8 Å². The largest absolute Gasteiger partial charge is 0.293 e. The summed E-state index contributed by atoms with van der Waals surface area (Å²) in [5, 5.41) is -0.0458. The number of halogens is 1. The fraction of sp³-hybridized carbons (Fsp3) is 0.524. The van der Waals surface area contributed by atoms with Crippen molar-refractivity contribution >= 4 is 42.4 Å². The Bertz CT molecular complexity index is 995. The minimum Gasteiger partial charge on any atom is -0.293 e. The SMILES string of the molecule is C=NC(=Nc1c(C)nc(Cl)c(=O)n1[C@@H](C)C1CC1)/C(C(C)=NC)=C(/N=C)C1CC1. The monoisotopic (exact) mass is 414 g/mol. The number of rotatable bonds is 7. The van der Waals surface area contributed by atoms with E-state index in [4.69, 9.17) is 16.6 Å². The molecule has 0 unspecified atom stereocenters. The van der Waals surface area contributed by atoms with Gasteiger partial charge in [0, 0.05) is 24.7 Å². The molecule has 8 heteroatoms. The van der Waals surface area contributed by atoms with Gasteiger partial charge < -0.3 is 0 Å². The second-order valence-electron chi connectivity index (χ2n) is 7.66. The topological polar surface area (TPSA) is 84.3 Å². The third-order valence-corrected chi connectivity index (χ3v) is 5.84. The fourth-order valence-electron chi connectivity index (χ4n) is 3.53. The molecule has 0 radical (unpaired) electrons. The average molecular weight is 415 g/mol. The van der Waals surface area contributed by atoms with Crippen LogP contribution >= 0.6 is 11.6 Å². The first-order valence-corrected chi connectivity index (χ1v) is 10.2. The van der Waals surface area contributed by atoms with E-state index >= 15 is 0 Å². The maximum atomic E-state index is 12.8. The van der Waals surface area contributed by atoms with Crippen LogP contribution in [-0.2, 0) is 0 Å². The van der Waals surface area contributed by atoms with Gasteiger partial charge in [0.1, 0.15) is 0 Å². The zero-order valence-electron chi connectivity index (χ0n) is 17.4. The smallest absolute Gasteiger partial charge is 0.290 e. The lowest BCUT2D eigenvalue weighted by atomic mass is 10.0. The molecule has 0 N–H and O–H groups in total. The summed E-state index contributed by atoms with van der Waals surface area (Å²) < 4.78 is 1.64. The minimum absolute atomic E-state index is 0.0275. The van der Waals surface area contributed by atoms with Gasteiger partial charge in [-0.2, -0.15) is 0 Å². The molecular formula is C21H27ClN6O. The van der Waals surface area contributed by atoms with Crippen LogP contribution in [0.15, 0.2) is 36.0 Å². The summed E-state index contributed by atoms with van der Waals surface area (Å²) in [5.41, 5.74) is 2.51. The molecule has 2 aliphatic carbocycles. The third kappa shape index (κ3) is 4.29. The van der Waals surface area contributed by atoms with Crippen LogP contribution in [0, 0.1) is 18.8 Å². The van der Waals surface area contributed by atoms with Crippen LogP contribution in [-0.4, -0.2) is 41.6 Å². The van der Waals surface area contributed by atoms with Crippen LogP contribution in [0.25, 0.3) is 0 Å². The number of nitrogens with zero attached hydrogens (tertiary/aromatic N) is 6. The van der Waals surface area contributed by atoms with Gasteiger partial charge in [0.2, 0.25) is 0 Å². The molecule has 0 amide bonds. The van der Waals surface area contributed by atoms with E-state index in [1.165, 1.54) is 0 Å². The second-order valence-corrected chi connectivity index (χ2v) is 8.02. The summed E-state index contributed by atoms with van der Waals surface area (Å²) in [4.78, 5) is 34.6. The van der Waals surface area contributed by atoms with Crippen LogP contribution in [0.5, 0.6) is 0 Å². The zero-order valence-corrected chi connectivity index (χ0v) is 18.2. The van der Waals surface area contributed by atoms with Gasteiger partial charge in [-0.25, -0.2) is 15.0 Å². The molecule has 154 valence electrons. The number of hydrogen-bond donors (Lipinski definition) is 0. The van der Waals surface area contributed by atoms with Crippen molar-refractivity contribution < 1.29 is 0 Å². The summed E-state index contributed by atoms with van der Waals surface area (Å²) in [5.74, 6) is 1.57. The van der Waals surface area contributed by atoms with Gasteiger partial charge >= 0.3 is 0 Å². The Kier molecular flexibility index (Phi) is 6.27. The zero-order chi connectivity index (χ0) is 21.3. The quantitative estimate of drug-likeness (QED) is 0.490. The Morgan fingerprint density at radius 2 is 1.90 bits per heavy atom. The van der Waals surface area contributed by atoms with E-state index in [0.29, 0.717) is 34.8 Å². The maximum Gasteiger partial charge on any atom is 0.290 e. The van der Waals surface area contributed by atoms with Crippen molar-refractivity contribution in [3.63, 3.8) is 0 Å². The van der Waals surface area contributed by atoms with Crippen LogP contribution in [0.3, 0.4) is 0 Å². The normalized spacial score (nSPS) is 19.6. The first-order chi connectivity index (χ1) is 13.8. The highest BCUT2D eigenvalue weighted by molar-refractivity contribution is 6.29. The molecule has 0 bridgehead atoms. The predicted molar refractivity (Wildman–Crippen MR) is 121 cm³/mol. The van der Waals surface area contributed by atoms with Gasteiger partial charge in [0.15, 0.2) is 16.8 Å². The average Bonchev–Trinajstić information content (AvgIpc) is 3.59. The lowest BCUT2D eigenvalue weighted by Gasteiger charge is -2.19. The van der Waals surface area contributed by atoms with Crippen molar-refractivity contribution in [1.29, 1.82) is 0 Å². The summed E-state index contributed by atoms with van der Waals surface area (Å²) in [6, 6.07) is -0.0275. The molecule has 2 fully saturated rings. The van der Waals surface area contributed by atoms with E-state index in [1.807, 2.05) is 13.8 Å². The molecule has 0 saturated heterocycles. The highest BCUT2D eigenvalue weighted by Gasteiger charge is 2.33. The highest BCUT2D eigenvalue weighted by atomic mass is 35.5. The van der Waals surface area contributed by atoms with Crippen LogP contribution < -0.4 is 5.56 Å². The summed E-state index contributed by atoms with van der Waals surface area (Å²) in [6.07, 6.45) is 4.26. The van der Waals surface area contributed by atoms with Crippen molar-refractivity contribution in [1.82, 2.24) is 9.55 Å². The van der Waals surface area contributed by atoms with Gasteiger partial charge in [-0.1, -0.05) is 11.6 Å². The van der Waals surface area contributed by atoms with Gasteiger partial charge in [0.25, 0.3) is 5.56 Å². The Balaban J connectivity index is 2.26. The lowest BCUT2D eigenvalue weighted by Crippen LogP contribution is -2.27. The molecule has 1 aromatic heterocycles. The molecule has 3 rings (SSSR count). The van der Waals surface area contributed by atoms with E-state index in [-0.39, 0.29) is 16.8 Å². The van der Waals surface area contributed by atoms with Crippen LogP contribution in [0.1, 0.15) is 51.3 Å². The molecule has 1 atom stereocenters. The molecule has 1 aromatic rings. The van der Waals surface area contributed by atoms with Crippen LogP contribution in [0.4, 0.5) is 5.82 Å². The molecular weight excluding hydrogens is 388 g/mol. The number of aromatic nitrogens is 2. The first-order valence-electron chi connectivity index (χ1n) is 9.83. The molecule has 0 aromatic carbocycles. The van der Waals surface area contributed by atoms with Crippen molar-refractivity contribution in [2.45, 2.75) is 52.5 Å². The molecule has 2 saturated carbocycles. The summed E-state index contributed by atoms with van der Waals surface area (Å²) >= 11 is 6.11. The number of aliphatic imine (C=N–C) groups is 4. The lowest BCUT2D eigenvalue weighted by molar-refractivity contribution is 0.472. The van der Waals surface area contributed by atoms with Crippen molar-refractivity contribution in [2.75, 3.05) is 7.05 Å². The highest BCUT2D eigenvalue weighted by Crippen LogP contribution is 2.41. The summed E-state index contributed by atoms with van der Waals surface area (Å²) in [6.45, 7) is 13.2. The van der Waals surface area contributed by atoms with E-state index in [9.17, 15) is 4.79 Å². The molecule has 7 nitrogen and oxygen atoms in total. The van der Waals surface area contributed by atoms with Crippen molar-refractivity contribution in [3.05, 3.63) is 32.5 Å². The molecule has 2 aliphatic rings. The third-order valence-electron chi connectivity index (χ3n) is 5.60. The van der Waals surface area contributed by atoms with Crippen LogP contribution in [0.2, 0.25) is 5.15 Å². The van der Waals surface area contributed by atoms with E-state index in [0.717, 1.165) is 37.1 Å². The number of allylic oxidation sites excluding steroid dienone is 1. The van der Waals surface area contributed by atoms with E-state index in [2.05, 4.69) is 33.4 Å². The Labute approximate surface area is 176 Å². The molecule has 1 heterocycles. The second kappa shape index (κ2) is 8.53. The summed E-state index contributed by atoms with van der Waals surface area (Å²) in [7, 11) is 1.71. The van der Waals surface area contributed by atoms with E-state index < -0.39 is 0 Å². The molecule has 29 heavy (non-hydrogen) atoms. The van der Waals surface area contributed by atoms with Gasteiger partial charge in [-0.3, -0.25) is 19.3 Å². The Morgan fingerprint density at radius 1 is 1.24 bits per heavy atom. The number of hydrogen-bond acceptors (Lipinski definition) is 5. The first kappa shape index (κ1) is 21.3. The standard InChI is InChI=1S/C21H27ClN6O/c1-11(23-4)16(17(24-5)15-9-10-15)19(25-6)27-20-12(2)26-18(22)21(29)28(20)13(3)14-7-8-14/h13-15H,5-10H2,1-4H3/b17-16+,23-11?,27-19?/t13-/m0/s1. The fourth-order valence-corrected chi connectivity index (χ4v) is 3.75. The predicted octanol–water partition coefficient (Wildman–Crippen LogP) is 4.36. The Hall–Kier alpha value is -2.41.